The average Bonchev–Trinajstić information content (AvgIpc) is 3.27. The van der Waals surface area contributed by atoms with Crippen molar-refractivity contribution in [1.82, 2.24) is 4.90 Å². The minimum absolute atomic E-state index is 0.114. The number of fused-ring (bicyclic) bond motifs is 1. The number of hydrogen-bond acceptors (Lipinski definition) is 4. The average molecular weight is 399 g/mol. The normalized spacial score (nSPS) is 19.3. The molecule has 1 aliphatic rings. The van der Waals surface area contributed by atoms with Crippen LogP contribution in [0.15, 0.2) is 52.9 Å². The van der Waals surface area contributed by atoms with Gasteiger partial charge in [0.25, 0.3) is 5.91 Å². The van der Waals surface area contributed by atoms with Crippen molar-refractivity contribution in [2.45, 2.75) is 26.0 Å². The fraction of sp³-hybridized carbons (Fsp3) is 0.318. The zero-order valence-electron chi connectivity index (χ0n) is 15.7. The second kappa shape index (κ2) is 7.86. The summed E-state index contributed by atoms with van der Waals surface area (Å²) in [5, 5.41) is 1.40. The third-order valence-electron chi connectivity index (χ3n) is 5.36. The van der Waals surface area contributed by atoms with Gasteiger partial charge in [-0.2, -0.15) is 0 Å². The number of carbonyl (C=O) groups excluding carboxylic acids is 1. The van der Waals surface area contributed by atoms with Crippen LogP contribution < -0.4 is 10.5 Å². The molecule has 2 N–H and O–H groups in total. The van der Waals surface area contributed by atoms with Gasteiger partial charge in [-0.15, -0.1) is 0 Å². The van der Waals surface area contributed by atoms with Crippen LogP contribution in [-0.2, 0) is 6.61 Å². The number of benzene rings is 2. The molecule has 2 atom stereocenters. The molecular weight excluding hydrogens is 376 g/mol. The number of carbonyl (C=O) groups is 1. The lowest BCUT2D eigenvalue weighted by molar-refractivity contribution is 0.0710. The van der Waals surface area contributed by atoms with E-state index in [1.54, 1.807) is 12.1 Å². The molecule has 3 aromatic rings. The topological polar surface area (TPSA) is 68.7 Å². The molecule has 2 heterocycles. The first-order chi connectivity index (χ1) is 13.6. The van der Waals surface area contributed by atoms with Gasteiger partial charge in [0.1, 0.15) is 17.9 Å². The predicted octanol–water partition coefficient (Wildman–Crippen LogP) is 4.47. The fourth-order valence-corrected chi connectivity index (χ4v) is 4.04. The quantitative estimate of drug-likeness (QED) is 0.688. The number of halogens is 1. The fourth-order valence-electron chi connectivity index (χ4n) is 3.85. The van der Waals surface area contributed by atoms with Crippen LogP contribution in [0.2, 0.25) is 5.02 Å². The first kappa shape index (κ1) is 18.8. The van der Waals surface area contributed by atoms with E-state index in [4.69, 9.17) is 26.5 Å². The summed E-state index contributed by atoms with van der Waals surface area (Å²) in [7, 11) is 0. The number of rotatable bonds is 5. The van der Waals surface area contributed by atoms with Gasteiger partial charge in [0.15, 0.2) is 5.76 Å². The number of furan rings is 1. The molecule has 0 aliphatic carbocycles. The van der Waals surface area contributed by atoms with Gasteiger partial charge in [0.2, 0.25) is 0 Å². The van der Waals surface area contributed by atoms with Gasteiger partial charge in [-0.1, -0.05) is 41.9 Å². The van der Waals surface area contributed by atoms with Crippen molar-refractivity contribution in [1.29, 1.82) is 0 Å². The Kier molecular flexibility index (Phi) is 5.29. The van der Waals surface area contributed by atoms with Crippen LogP contribution in [0.25, 0.3) is 11.0 Å². The Morgan fingerprint density at radius 3 is 2.75 bits per heavy atom. The smallest absolute Gasteiger partial charge is 0.290 e. The molecule has 0 bridgehead atoms. The zero-order valence-corrected chi connectivity index (χ0v) is 16.5. The second-order valence-corrected chi connectivity index (χ2v) is 7.68. The van der Waals surface area contributed by atoms with Gasteiger partial charge in [-0.3, -0.25) is 4.79 Å². The number of ether oxygens (including phenoxy) is 1. The molecule has 28 heavy (non-hydrogen) atoms. The molecule has 4 rings (SSSR count). The lowest BCUT2D eigenvalue weighted by atomic mass is 10.1. The summed E-state index contributed by atoms with van der Waals surface area (Å²) in [4.78, 5) is 15.2. The molecule has 2 aromatic carbocycles. The zero-order chi connectivity index (χ0) is 19.7. The van der Waals surface area contributed by atoms with Crippen molar-refractivity contribution >= 4 is 28.5 Å². The summed E-state index contributed by atoms with van der Waals surface area (Å²) in [6.07, 6.45) is 0.911. The van der Waals surface area contributed by atoms with Crippen molar-refractivity contribution in [3.8, 4) is 5.75 Å². The number of likely N-dealkylation sites (tertiary alicyclic amines) is 1. The number of para-hydroxylation sites is 2. The van der Waals surface area contributed by atoms with Crippen molar-refractivity contribution in [2.24, 2.45) is 11.7 Å². The number of hydrogen-bond donors (Lipinski definition) is 1. The van der Waals surface area contributed by atoms with E-state index in [0.29, 0.717) is 41.1 Å². The molecule has 2 unspecified atom stereocenters. The molecule has 1 amide bonds. The summed E-state index contributed by atoms with van der Waals surface area (Å²) in [5.74, 6) is 1.12. The van der Waals surface area contributed by atoms with Crippen LogP contribution in [-0.4, -0.2) is 29.9 Å². The first-order valence-corrected chi connectivity index (χ1v) is 9.85. The van der Waals surface area contributed by atoms with E-state index >= 15 is 0 Å². The lowest BCUT2D eigenvalue weighted by Crippen LogP contribution is -2.34. The predicted molar refractivity (Wildman–Crippen MR) is 110 cm³/mol. The Labute approximate surface area is 169 Å². The molecule has 1 aliphatic heterocycles. The van der Waals surface area contributed by atoms with Gasteiger partial charge in [0.05, 0.1) is 5.02 Å². The number of nitrogens with two attached hydrogens (primary N) is 1. The third-order valence-corrected chi connectivity index (χ3v) is 5.67. The molecule has 146 valence electrons. The van der Waals surface area contributed by atoms with Crippen molar-refractivity contribution in [3.05, 3.63) is 64.9 Å². The van der Waals surface area contributed by atoms with Crippen molar-refractivity contribution < 1.29 is 13.9 Å². The molecule has 0 saturated carbocycles. The maximum atomic E-state index is 13.3. The van der Waals surface area contributed by atoms with Crippen LogP contribution in [0.3, 0.4) is 0 Å². The summed E-state index contributed by atoms with van der Waals surface area (Å²) in [5.41, 5.74) is 7.23. The van der Waals surface area contributed by atoms with Crippen molar-refractivity contribution in [2.75, 3.05) is 13.1 Å². The highest BCUT2D eigenvalue weighted by Gasteiger charge is 2.35. The van der Waals surface area contributed by atoms with Crippen LogP contribution >= 0.6 is 11.6 Å². The summed E-state index contributed by atoms with van der Waals surface area (Å²) in [6.45, 7) is 3.48. The molecular formula is C22H23ClN2O3. The van der Waals surface area contributed by atoms with E-state index in [-0.39, 0.29) is 18.6 Å². The van der Waals surface area contributed by atoms with Gasteiger partial charge in [-0.25, -0.2) is 0 Å². The van der Waals surface area contributed by atoms with E-state index in [0.717, 1.165) is 17.4 Å². The summed E-state index contributed by atoms with van der Waals surface area (Å²) in [6, 6.07) is 15.0. The van der Waals surface area contributed by atoms with Crippen LogP contribution in [0.1, 0.15) is 29.5 Å². The molecule has 5 nitrogen and oxygen atoms in total. The molecule has 0 radical (unpaired) electrons. The van der Waals surface area contributed by atoms with E-state index in [1.165, 1.54) is 0 Å². The second-order valence-electron chi connectivity index (χ2n) is 7.27. The molecule has 1 fully saturated rings. The van der Waals surface area contributed by atoms with Gasteiger partial charge < -0.3 is 19.8 Å². The third kappa shape index (κ3) is 3.48. The van der Waals surface area contributed by atoms with Crippen LogP contribution in [0, 0.1) is 5.92 Å². The lowest BCUT2D eigenvalue weighted by Gasteiger charge is -2.21. The van der Waals surface area contributed by atoms with E-state index in [1.807, 2.05) is 41.3 Å². The Bertz CT molecular complexity index is 1000. The minimum Gasteiger partial charge on any atom is -0.487 e. The summed E-state index contributed by atoms with van der Waals surface area (Å²) >= 11 is 6.20. The van der Waals surface area contributed by atoms with Crippen LogP contribution in [0.5, 0.6) is 5.75 Å². The van der Waals surface area contributed by atoms with E-state index in [9.17, 15) is 4.79 Å². The Morgan fingerprint density at radius 2 is 2.00 bits per heavy atom. The maximum Gasteiger partial charge on any atom is 0.290 e. The standard InChI is InChI=1S/C22H23ClN2O3/c1-14-10-15(11-24)12-25(14)22(26)21-17(16-6-2-4-8-19(16)28-21)13-27-20-9-5-3-7-18(20)23/h2-9,14-15H,10-13,24H2,1H3. The van der Waals surface area contributed by atoms with E-state index < -0.39 is 0 Å². The SMILES string of the molecule is CC1CC(CN)CN1C(=O)c1oc2ccccc2c1COc1ccccc1Cl. The maximum absolute atomic E-state index is 13.3. The van der Waals surface area contributed by atoms with E-state index in [2.05, 4.69) is 6.92 Å². The Hall–Kier alpha value is -2.50. The highest BCUT2D eigenvalue weighted by molar-refractivity contribution is 6.32. The number of nitrogens with zero attached hydrogens (tertiary/aromatic N) is 1. The monoisotopic (exact) mass is 398 g/mol. The minimum atomic E-state index is -0.114. The Balaban J connectivity index is 1.67. The van der Waals surface area contributed by atoms with Crippen molar-refractivity contribution in [3.63, 3.8) is 0 Å². The molecule has 1 saturated heterocycles. The summed E-state index contributed by atoms with van der Waals surface area (Å²) < 4.78 is 11.9. The first-order valence-electron chi connectivity index (χ1n) is 9.47. The molecule has 6 heteroatoms. The highest BCUT2D eigenvalue weighted by atomic mass is 35.5. The largest absolute Gasteiger partial charge is 0.487 e. The molecule has 1 aromatic heterocycles. The highest BCUT2D eigenvalue weighted by Crippen LogP contribution is 2.32. The van der Waals surface area contributed by atoms with Gasteiger partial charge in [-0.05, 0) is 44.0 Å². The van der Waals surface area contributed by atoms with Gasteiger partial charge >= 0.3 is 0 Å². The van der Waals surface area contributed by atoms with Gasteiger partial charge in [0, 0.05) is 23.5 Å². The number of amides is 1. The molecule has 0 spiro atoms. The van der Waals surface area contributed by atoms with Crippen LogP contribution in [0.4, 0.5) is 0 Å². The Morgan fingerprint density at radius 1 is 1.25 bits per heavy atom.